The second-order valence-corrected chi connectivity index (χ2v) is 9.62. The Bertz CT molecular complexity index is 810. The Morgan fingerprint density at radius 1 is 1.12 bits per heavy atom. The largest absolute Gasteiger partial charge is 0.496 e. The molecule has 0 saturated carbocycles. The minimum atomic E-state index is -1.04. The first-order chi connectivity index (χ1) is 15.4. The molecular formula is C23H35IN2O7. The fourth-order valence-corrected chi connectivity index (χ4v) is 3.84. The Kier molecular flexibility index (Phi) is 11.9. The van der Waals surface area contributed by atoms with Gasteiger partial charge in [-0.05, 0) is 80.3 Å². The van der Waals surface area contributed by atoms with Gasteiger partial charge in [0.1, 0.15) is 23.4 Å². The van der Waals surface area contributed by atoms with Crippen LogP contribution in [0.25, 0.3) is 0 Å². The van der Waals surface area contributed by atoms with E-state index in [0.717, 1.165) is 9.99 Å². The molecule has 0 aromatic heterocycles. The van der Waals surface area contributed by atoms with Gasteiger partial charge >= 0.3 is 12.1 Å². The smallest absolute Gasteiger partial charge is 0.410 e. The highest BCUT2D eigenvalue weighted by Gasteiger charge is 2.34. The third-order valence-corrected chi connectivity index (χ3v) is 5.55. The number of ether oxygens (including phenoxy) is 4. The number of rotatable bonds is 11. The number of hydrogen-bond donors (Lipinski definition) is 1. The lowest BCUT2D eigenvalue weighted by Crippen LogP contribution is -2.48. The number of nitrogens with zero attached hydrogens (tertiary/aromatic N) is 1. The van der Waals surface area contributed by atoms with Crippen LogP contribution in [0.4, 0.5) is 4.79 Å². The first-order valence-corrected chi connectivity index (χ1v) is 11.7. The predicted molar refractivity (Wildman–Crippen MR) is 132 cm³/mol. The highest BCUT2D eigenvalue weighted by atomic mass is 127. The van der Waals surface area contributed by atoms with Crippen LogP contribution < -0.4 is 10.1 Å². The van der Waals surface area contributed by atoms with E-state index in [-0.39, 0.29) is 0 Å². The molecular weight excluding hydrogens is 543 g/mol. The number of carbonyl (C=O) groups is 3. The molecule has 0 fully saturated rings. The molecule has 0 unspecified atom stereocenters. The number of benzene rings is 1. The number of halogens is 1. The van der Waals surface area contributed by atoms with Gasteiger partial charge in [-0.3, -0.25) is 9.69 Å². The van der Waals surface area contributed by atoms with Crippen molar-refractivity contribution in [1.29, 1.82) is 0 Å². The van der Waals surface area contributed by atoms with Gasteiger partial charge in [-0.15, -0.1) is 0 Å². The van der Waals surface area contributed by atoms with Crippen molar-refractivity contribution >= 4 is 40.6 Å². The molecule has 2 amide bonds. The lowest BCUT2D eigenvalue weighted by Gasteiger charge is -2.31. The van der Waals surface area contributed by atoms with Gasteiger partial charge in [0.05, 0.1) is 17.8 Å². The van der Waals surface area contributed by atoms with Gasteiger partial charge in [0.25, 0.3) is 0 Å². The number of amides is 2. The first-order valence-electron chi connectivity index (χ1n) is 10.6. The van der Waals surface area contributed by atoms with Gasteiger partial charge in [0.2, 0.25) is 5.91 Å². The predicted octanol–water partition coefficient (Wildman–Crippen LogP) is 3.68. The Morgan fingerprint density at radius 2 is 1.79 bits per heavy atom. The van der Waals surface area contributed by atoms with E-state index >= 15 is 0 Å². The van der Waals surface area contributed by atoms with Crippen molar-refractivity contribution in [3.05, 3.63) is 27.3 Å². The molecule has 1 N–H and O–H groups in total. The van der Waals surface area contributed by atoms with Crippen molar-refractivity contribution in [2.24, 2.45) is 0 Å². The second kappa shape index (κ2) is 13.6. The molecule has 0 spiro atoms. The van der Waals surface area contributed by atoms with E-state index in [2.05, 4.69) is 27.9 Å². The molecule has 0 aliphatic carbocycles. The van der Waals surface area contributed by atoms with Crippen LogP contribution in [0.1, 0.15) is 51.6 Å². The van der Waals surface area contributed by atoms with Gasteiger partial charge in [0, 0.05) is 20.8 Å². The quantitative estimate of drug-likeness (QED) is 0.243. The molecule has 33 heavy (non-hydrogen) atoms. The normalized spacial score (nSPS) is 13.0. The minimum absolute atomic E-state index is 0.380. The van der Waals surface area contributed by atoms with Gasteiger partial charge in [-0.25, -0.2) is 9.59 Å². The van der Waals surface area contributed by atoms with E-state index in [4.69, 9.17) is 18.9 Å². The average molecular weight is 578 g/mol. The van der Waals surface area contributed by atoms with Crippen molar-refractivity contribution in [3.8, 4) is 5.75 Å². The van der Waals surface area contributed by atoms with E-state index in [1.54, 1.807) is 53.2 Å². The molecule has 1 aromatic carbocycles. The molecule has 0 aliphatic heterocycles. The molecule has 1 rings (SSSR count). The number of unbranched alkanes of at least 4 members (excludes halogenated alkanes) is 1. The maximum absolute atomic E-state index is 13.4. The number of esters is 1. The molecule has 186 valence electrons. The molecule has 0 radical (unpaired) electrons. The first kappa shape index (κ1) is 29.0. The van der Waals surface area contributed by atoms with Crippen LogP contribution in [-0.4, -0.2) is 69.5 Å². The fraction of sp³-hybridized carbons (Fsp3) is 0.609. The monoisotopic (exact) mass is 578 g/mol. The van der Waals surface area contributed by atoms with Gasteiger partial charge < -0.3 is 24.3 Å². The van der Waals surface area contributed by atoms with Crippen molar-refractivity contribution in [2.45, 2.75) is 57.7 Å². The molecule has 10 heteroatoms. The average Bonchev–Trinajstić information content (AvgIpc) is 2.74. The van der Waals surface area contributed by atoms with Crippen LogP contribution in [0.15, 0.2) is 18.2 Å². The maximum Gasteiger partial charge on any atom is 0.410 e. The van der Waals surface area contributed by atoms with Gasteiger partial charge in [-0.1, -0.05) is 6.07 Å². The Hall–Kier alpha value is -2.08. The van der Waals surface area contributed by atoms with Crippen LogP contribution in [0, 0.1) is 3.57 Å². The highest BCUT2D eigenvalue weighted by Crippen LogP contribution is 2.28. The number of hydrogen-bond acceptors (Lipinski definition) is 7. The summed E-state index contributed by atoms with van der Waals surface area (Å²) in [6, 6.07) is 3.30. The van der Waals surface area contributed by atoms with Crippen LogP contribution in [0.3, 0.4) is 0 Å². The molecule has 2 atom stereocenters. The summed E-state index contributed by atoms with van der Waals surface area (Å²) in [7, 11) is 5.92. The lowest BCUT2D eigenvalue weighted by molar-refractivity contribution is -0.146. The molecule has 0 bridgehead atoms. The third kappa shape index (κ3) is 9.36. The number of carbonyl (C=O) groups excluding carboxylic acids is 3. The van der Waals surface area contributed by atoms with E-state index in [1.165, 1.54) is 19.1 Å². The van der Waals surface area contributed by atoms with Crippen molar-refractivity contribution < 1.29 is 33.3 Å². The fourth-order valence-electron chi connectivity index (χ4n) is 3.08. The Balaban J connectivity index is 3.24. The van der Waals surface area contributed by atoms with E-state index in [0.29, 0.717) is 30.8 Å². The zero-order valence-corrected chi connectivity index (χ0v) is 22.6. The van der Waals surface area contributed by atoms with Crippen LogP contribution in [0.5, 0.6) is 5.75 Å². The van der Waals surface area contributed by atoms with Gasteiger partial charge in [-0.2, -0.15) is 0 Å². The molecule has 1 aromatic rings. The summed E-state index contributed by atoms with van der Waals surface area (Å²) >= 11 is 2.10. The summed E-state index contributed by atoms with van der Waals surface area (Å²) < 4.78 is 21.5. The van der Waals surface area contributed by atoms with Crippen molar-refractivity contribution in [1.82, 2.24) is 10.2 Å². The zero-order valence-electron chi connectivity index (χ0n) is 20.4. The molecule has 9 nitrogen and oxygen atoms in total. The van der Waals surface area contributed by atoms with E-state index < -0.39 is 35.7 Å². The number of likely N-dealkylation sites (N-methyl/N-ethyl adjacent to an activating group) is 1. The summed E-state index contributed by atoms with van der Waals surface area (Å²) in [6.07, 6.45) is 1.10. The van der Waals surface area contributed by atoms with E-state index in [9.17, 15) is 14.4 Å². The summed E-state index contributed by atoms with van der Waals surface area (Å²) in [5.41, 5.74) is -0.189. The number of methoxy groups -OCH3 is 3. The summed E-state index contributed by atoms with van der Waals surface area (Å²) in [5.74, 6) is -0.431. The topological polar surface area (TPSA) is 103 Å². The summed E-state index contributed by atoms with van der Waals surface area (Å²) in [4.78, 5) is 39.7. The van der Waals surface area contributed by atoms with Crippen LogP contribution in [-0.2, 0) is 23.8 Å². The Labute approximate surface area is 209 Å². The highest BCUT2D eigenvalue weighted by molar-refractivity contribution is 14.1. The maximum atomic E-state index is 13.4. The molecule has 0 heterocycles. The Morgan fingerprint density at radius 3 is 2.30 bits per heavy atom. The third-order valence-electron chi connectivity index (χ3n) is 4.70. The zero-order chi connectivity index (χ0) is 25.2. The SMILES string of the molecule is COCCCC[C@H](NC(=O)[C@H](c1ccc(OC)c(I)c1)N(C)C(=O)OC(C)(C)C)C(=O)OC. The van der Waals surface area contributed by atoms with Crippen molar-refractivity contribution in [2.75, 3.05) is 35.0 Å². The minimum Gasteiger partial charge on any atom is -0.496 e. The lowest BCUT2D eigenvalue weighted by atomic mass is 10.0. The second-order valence-electron chi connectivity index (χ2n) is 8.46. The molecule has 0 saturated heterocycles. The van der Waals surface area contributed by atoms with E-state index in [1.807, 2.05) is 0 Å². The van der Waals surface area contributed by atoms with Gasteiger partial charge in [0.15, 0.2) is 0 Å². The summed E-state index contributed by atoms with van der Waals surface area (Å²) in [5, 5.41) is 2.75. The number of nitrogens with one attached hydrogen (secondary N) is 1. The standard InChI is InChI=1S/C23H35IN2O7/c1-23(2,3)33-22(29)26(4)19(15-11-12-18(31-6)16(24)14-15)20(27)25-17(21(28)32-7)10-8-9-13-30-5/h11-12,14,17,19H,8-10,13H2,1-7H3,(H,25,27)/t17-,19-/m0/s1. The van der Waals surface area contributed by atoms with Crippen LogP contribution >= 0.6 is 22.6 Å². The molecule has 0 aliphatic rings. The summed E-state index contributed by atoms with van der Waals surface area (Å²) in [6.45, 7) is 5.79. The van der Waals surface area contributed by atoms with Crippen LogP contribution in [0.2, 0.25) is 0 Å². The van der Waals surface area contributed by atoms with Crippen molar-refractivity contribution in [3.63, 3.8) is 0 Å².